The fourth-order valence-corrected chi connectivity index (χ4v) is 3.08. The topological polar surface area (TPSA) is 237 Å². The first-order valence-corrected chi connectivity index (χ1v) is 11.2. The average Bonchev–Trinajstić information content (AvgIpc) is 3.27. The molecule has 9 N–H and O–H groups in total. The van der Waals surface area contributed by atoms with Gasteiger partial charge in [0.05, 0.1) is 25.4 Å². The van der Waals surface area contributed by atoms with Crippen LogP contribution in [0.3, 0.4) is 0 Å². The average molecular weight is 489 g/mol. The Morgan fingerprint density at radius 2 is 1.67 bits per heavy atom. The Bertz CT molecular complexity index is 821. The zero-order valence-corrected chi connectivity index (χ0v) is 18.6. The zero-order valence-electron chi connectivity index (χ0n) is 17.8. The van der Waals surface area contributed by atoms with Gasteiger partial charge in [-0.1, -0.05) is 0 Å². The van der Waals surface area contributed by atoms with Crippen LogP contribution in [-0.4, -0.2) is 97.7 Å². The minimum absolute atomic E-state index is 0.156. The number of aromatic nitrogens is 2. The molecule has 4 atom stereocenters. The van der Waals surface area contributed by atoms with Crippen molar-refractivity contribution in [1.29, 1.82) is 0 Å². The second kappa shape index (κ2) is 14.1. The Labute approximate surface area is 193 Å². The summed E-state index contributed by atoms with van der Waals surface area (Å²) in [6.45, 7) is -0.790. The molecule has 0 radical (unpaired) electrons. The highest BCUT2D eigenvalue weighted by molar-refractivity contribution is 7.98. The third-order valence-corrected chi connectivity index (χ3v) is 5.03. The number of carboxylic acid groups (broad SMARTS) is 2. The molecule has 0 spiro atoms. The maximum Gasteiger partial charge on any atom is 0.326 e. The van der Waals surface area contributed by atoms with E-state index in [1.54, 1.807) is 0 Å². The van der Waals surface area contributed by atoms with Crippen molar-refractivity contribution < 1.29 is 39.3 Å². The van der Waals surface area contributed by atoms with E-state index in [0.717, 1.165) is 0 Å². The molecule has 1 aromatic heterocycles. The van der Waals surface area contributed by atoms with Crippen molar-refractivity contribution in [2.75, 3.05) is 18.6 Å². The maximum absolute atomic E-state index is 12.7. The Morgan fingerprint density at radius 1 is 1.06 bits per heavy atom. The van der Waals surface area contributed by atoms with E-state index in [1.165, 1.54) is 24.3 Å². The summed E-state index contributed by atoms with van der Waals surface area (Å²) in [7, 11) is 0. The van der Waals surface area contributed by atoms with Gasteiger partial charge in [0.25, 0.3) is 0 Å². The van der Waals surface area contributed by atoms with Crippen molar-refractivity contribution in [3.63, 3.8) is 0 Å². The van der Waals surface area contributed by atoms with Crippen molar-refractivity contribution in [2.45, 2.75) is 43.4 Å². The second-order valence-corrected chi connectivity index (χ2v) is 7.96. The maximum atomic E-state index is 12.7. The minimum atomic E-state index is -1.74. The van der Waals surface area contributed by atoms with Gasteiger partial charge in [-0.3, -0.25) is 19.2 Å². The number of hydrogen-bond acceptors (Lipinski definition) is 9. The predicted octanol–water partition coefficient (Wildman–Crippen LogP) is -2.96. The Hall–Kier alpha value is -3.17. The predicted molar refractivity (Wildman–Crippen MR) is 116 cm³/mol. The number of H-pyrrole nitrogens is 1. The number of nitrogens with one attached hydrogen (secondary N) is 4. The number of nitrogens with two attached hydrogens (primary N) is 1. The minimum Gasteiger partial charge on any atom is -0.481 e. The highest BCUT2D eigenvalue weighted by Crippen LogP contribution is 2.03. The smallest absolute Gasteiger partial charge is 0.326 e. The number of aliphatic carboxylic acids is 2. The molecular weight excluding hydrogens is 460 g/mol. The fourth-order valence-electron chi connectivity index (χ4n) is 2.59. The number of imidazole rings is 1. The second-order valence-electron chi connectivity index (χ2n) is 6.97. The number of rotatable bonds is 15. The van der Waals surface area contributed by atoms with E-state index in [4.69, 9.17) is 15.9 Å². The lowest BCUT2D eigenvalue weighted by molar-refractivity contribution is -0.147. The molecule has 33 heavy (non-hydrogen) atoms. The molecule has 0 saturated carbocycles. The number of nitrogens with zero attached hydrogens (tertiary/aromatic N) is 1. The van der Waals surface area contributed by atoms with Gasteiger partial charge in [0, 0.05) is 18.3 Å². The van der Waals surface area contributed by atoms with Crippen molar-refractivity contribution in [1.82, 2.24) is 25.9 Å². The molecule has 0 aromatic carbocycles. The monoisotopic (exact) mass is 488 g/mol. The quantitative estimate of drug-likeness (QED) is 0.124. The first-order chi connectivity index (χ1) is 15.6. The van der Waals surface area contributed by atoms with Crippen LogP contribution in [0.25, 0.3) is 0 Å². The van der Waals surface area contributed by atoms with Gasteiger partial charge in [0.1, 0.15) is 18.1 Å². The molecule has 0 saturated heterocycles. The summed E-state index contributed by atoms with van der Waals surface area (Å²) in [5.74, 6) is -4.98. The molecule has 4 unspecified atom stereocenters. The number of carboxylic acids is 2. The molecule has 0 aliphatic heterocycles. The van der Waals surface area contributed by atoms with E-state index in [-0.39, 0.29) is 6.42 Å². The van der Waals surface area contributed by atoms with Crippen LogP contribution in [0.5, 0.6) is 0 Å². The van der Waals surface area contributed by atoms with Crippen LogP contribution in [-0.2, 0) is 30.4 Å². The normalized spacial score (nSPS) is 14.4. The highest BCUT2D eigenvalue weighted by atomic mass is 32.2. The van der Waals surface area contributed by atoms with Gasteiger partial charge in [0.15, 0.2) is 0 Å². The number of carbonyl (C=O) groups is 5. The lowest BCUT2D eigenvalue weighted by Gasteiger charge is -2.24. The van der Waals surface area contributed by atoms with Crippen molar-refractivity contribution in [3.8, 4) is 0 Å². The summed E-state index contributed by atoms with van der Waals surface area (Å²) < 4.78 is 0. The number of amides is 3. The number of hydrogen-bond donors (Lipinski definition) is 8. The SMILES string of the molecule is CSCCC(N)C(=O)NC(CO)C(=O)NC(Cc1cnc[nH]1)C(=O)NC(CC(=O)O)C(=O)O. The van der Waals surface area contributed by atoms with Crippen LogP contribution in [0.4, 0.5) is 0 Å². The molecule has 184 valence electrons. The van der Waals surface area contributed by atoms with E-state index in [9.17, 15) is 29.1 Å². The van der Waals surface area contributed by atoms with E-state index in [2.05, 4.69) is 25.9 Å². The summed E-state index contributed by atoms with van der Waals surface area (Å²) in [6, 6.07) is -5.44. The lowest BCUT2D eigenvalue weighted by atomic mass is 10.1. The molecule has 0 aliphatic carbocycles. The number of aliphatic hydroxyl groups excluding tert-OH is 1. The molecule has 0 fully saturated rings. The van der Waals surface area contributed by atoms with Crippen LogP contribution >= 0.6 is 11.8 Å². The van der Waals surface area contributed by atoms with E-state index in [0.29, 0.717) is 17.9 Å². The number of thioether (sulfide) groups is 1. The molecule has 0 aliphatic rings. The molecule has 3 amide bonds. The standard InChI is InChI=1S/C18H28N6O8S/c1-33-3-2-10(19)15(28)24-13(7-25)17(30)22-11(4-9-6-20-8-21-9)16(29)23-12(18(31)32)5-14(26)27/h6,8,10-13,25H,2-5,7,19H2,1H3,(H,20,21)(H,22,30)(H,23,29)(H,24,28)(H,26,27)(H,31,32). The van der Waals surface area contributed by atoms with Crippen LogP contribution < -0.4 is 21.7 Å². The third kappa shape index (κ3) is 9.88. The molecular formula is C18H28N6O8S. The summed E-state index contributed by atoms with van der Waals surface area (Å²) in [4.78, 5) is 66.1. The Kier molecular flexibility index (Phi) is 11.9. The summed E-state index contributed by atoms with van der Waals surface area (Å²) in [6.07, 6.45) is 3.84. The van der Waals surface area contributed by atoms with Gasteiger partial charge >= 0.3 is 11.9 Å². The Balaban J connectivity index is 2.93. The van der Waals surface area contributed by atoms with Crippen LogP contribution in [0.15, 0.2) is 12.5 Å². The summed E-state index contributed by atoms with van der Waals surface area (Å²) in [5, 5.41) is 34.3. The van der Waals surface area contributed by atoms with Crippen LogP contribution in [0.1, 0.15) is 18.5 Å². The first-order valence-electron chi connectivity index (χ1n) is 9.77. The molecule has 1 rings (SSSR count). The number of aliphatic hydroxyl groups is 1. The Morgan fingerprint density at radius 3 is 2.18 bits per heavy atom. The van der Waals surface area contributed by atoms with Gasteiger partial charge in [-0.05, 0) is 18.4 Å². The largest absolute Gasteiger partial charge is 0.481 e. The van der Waals surface area contributed by atoms with Gasteiger partial charge < -0.3 is 42.0 Å². The number of carbonyl (C=O) groups excluding carboxylic acids is 3. The first kappa shape index (κ1) is 27.9. The summed E-state index contributed by atoms with van der Waals surface area (Å²) >= 11 is 1.48. The van der Waals surface area contributed by atoms with Crippen molar-refractivity contribution >= 4 is 41.4 Å². The van der Waals surface area contributed by atoms with Gasteiger partial charge in [-0.2, -0.15) is 11.8 Å². The van der Waals surface area contributed by atoms with Crippen molar-refractivity contribution in [2.24, 2.45) is 5.73 Å². The van der Waals surface area contributed by atoms with Gasteiger partial charge in [0.2, 0.25) is 17.7 Å². The van der Waals surface area contributed by atoms with Gasteiger partial charge in [-0.15, -0.1) is 0 Å². The van der Waals surface area contributed by atoms with Gasteiger partial charge in [-0.25, -0.2) is 9.78 Å². The van der Waals surface area contributed by atoms with E-state index in [1.807, 2.05) is 6.26 Å². The third-order valence-electron chi connectivity index (χ3n) is 4.39. The van der Waals surface area contributed by atoms with Crippen LogP contribution in [0, 0.1) is 0 Å². The van der Waals surface area contributed by atoms with E-state index < -0.39 is 66.9 Å². The van der Waals surface area contributed by atoms with Crippen molar-refractivity contribution in [3.05, 3.63) is 18.2 Å². The molecule has 0 bridgehead atoms. The highest BCUT2D eigenvalue weighted by Gasteiger charge is 2.31. The zero-order chi connectivity index (χ0) is 25.0. The number of aromatic amines is 1. The fraction of sp³-hybridized carbons (Fsp3) is 0.556. The van der Waals surface area contributed by atoms with E-state index >= 15 is 0 Å². The lowest BCUT2D eigenvalue weighted by Crippen LogP contribution is -2.58. The van der Waals surface area contributed by atoms with Crippen LogP contribution in [0.2, 0.25) is 0 Å². The molecule has 1 heterocycles. The molecule has 1 aromatic rings. The molecule has 15 heteroatoms. The molecule has 14 nitrogen and oxygen atoms in total. The summed E-state index contributed by atoms with van der Waals surface area (Å²) in [5.41, 5.74) is 6.16.